The maximum atomic E-state index is 12.4. The number of halogens is 1. The monoisotopic (exact) mass is 397 g/mol. The summed E-state index contributed by atoms with van der Waals surface area (Å²) in [4.78, 5) is 10.4. The molecule has 0 aromatic heterocycles. The fourth-order valence-corrected chi connectivity index (χ4v) is 3.79. The van der Waals surface area contributed by atoms with E-state index in [1.54, 1.807) is 31.3 Å². The van der Waals surface area contributed by atoms with Crippen molar-refractivity contribution in [3.05, 3.63) is 63.2 Å². The van der Waals surface area contributed by atoms with E-state index < -0.39 is 14.9 Å². The average Bonchev–Trinajstić information content (AvgIpc) is 2.60. The first-order chi connectivity index (χ1) is 12.1. The molecule has 0 atom stereocenters. The molecule has 0 heterocycles. The number of sulfonamides is 1. The number of hydrogen-bond donors (Lipinski definition) is 1. The van der Waals surface area contributed by atoms with Crippen LogP contribution in [0.4, 0.5) is 11.4 Å². The lowest BCUT2D eigenvalue weighted by Crippen LogP contribution is -2.33. The fourth-order valence-electron chi connectivity index (χ4n) is 2.18. The first-order valence-electron chi connectivity index (χ1n) is 7.87. The zero-order valence-electron chi connectivity index (χ0n) is 14.6. The van der Waals surface area contributed by atoms with Gasteiger partial charge in [-0.3, -0.25) is 10.1 Å². The van der Waals surface area contributed by atoms with E-state index in [0.717, 1.165) is 5.56 Å². The Bertz CT molecular complexity index is 899. The van der Waals surface area contributed by atoms with Crippen LogP contribution in [0.15, 0.2) is 47.4 Å². The second-order valence-corrected chi connectivity index (χ2v) is 8.44. The number of nitrogens with one attached hydrogen (secondary N) is 1. The minimum atomic E-state index is -3.51. The first kappa shape index (κ1) is 20.2. The van der Waals surface area contributed by atoms with Gasteiger partial charge in [0, 0.05) is 31.8 Å². The molecule has 0 radical (unpaired) electrons. The highest BCUT2D eigenvalue weighted by Gasteiger charge is 2.22. The van der Waals surface area contributed by atoms with Crippen molar-refractivity contribution in [1.82, 2.24) is 4.31 Å². The summed E-state index contributed by atoms with van der Waals surface area (Å²) in [7, 11) is -1.97. The van der Waals surface area contributed by atoms with E-state index in [9.17, 15) is 18.5 Å². The van der Waals surface area contributed by atoms with Gasteiger partial charge in [-0.15, -0.1) is 0 Å². The minimum Gasteiger partial charge on any atom is -0.380 e. The zero-order chi connectivity index (χ0) is 19.5. The third-order valence-electron chi connectivity index (χ3n) is 3.97. The average molecular weight is 398 g/mol. The topological polar surface area (TPSA) is 92.6 Å². The van der Waals surface area contributed by atoms with Crippen LogP contribution in [0, 0.1) is 10.1 Å². The molecule has 0 amide bonds. The van der Waals surface area contributed by atoms with Crippen LogP contribution in [0.25, 0.3) is 0 Å². The van der Waals surface area contributed by atoms with E-state index in [0.29, 0.717) is 12.2 Å². The SMILES string of the molecule is CC(C)N(C)S(=O)(=O)c1ccc(CNc2ccc([N+](=O)[O-])cc2Cl)cc1. The Kier molecular flexibility index (Phi) is 6.22. The Hall–Kier alpha value is -2.16. The summed E-state index contributed by atoms with van der Waals surface area (Å²) >= 11 is 6.04. The lowest BCUT2D eigenvalue weighted by molar-refractivity contribution is -0.384. The molecule has 9 heteroatoms. The number of anilines is 1. The van der Waals surface area contributed by atoms with Crippen LogP contribution < -0.4 is 5.32 Å². The number of nitrogens with zero attached hydrogens (tertiary/aromatic N) is 2. The summed E-state index contributed by atoms with van der Waals surface area (Å²) in [5, 5.41) is 14.0. The van der Waals surface area contributed by atoms with Gasteiger partial charge >= 0.3 is 0 Å². The predicted octanol–water partition coefficient (Wildman–Crippen LogP) is 3.89. The van der Waals surface area contributed by atoms with Gasteiger partial charge in [0.2, 0.25) is 10.0 Å². The molecule has 140 valence electrons. The first-order valence-corrected chi connectivity index (χ1v) is 9.69. The normalized spacial score (nSPS) is 11.8. The maximum Gasteiger partial charge on any atom is 0.271 e. The van der Waals surface area contributed by atoms with E-state index >= 15 is 0 Å². The number of nitro groups is 1. The van der Waals surface area contributed by atoms with Gasteiger partial charge in [0.15, 0.2) is 0 Å². The molecule has 2 aromatic carbocycles. The Labute approximate surface area is 157 Å². The van der Waals surface area contributed by atoms with E-state index in [4.69, 9.17) is 11.6 Å². The molecule has 0 aliphatic carbocycles. The van der Waals surface area contributed by atoms with Crippen LogP contribution in [-0.4, -0.2) is 30.7 Å². The Morgan fingerprint density at radius 1 is 1.19 bits per heavy atom. The summed E-state index contributed by atoms with van der Waals surface area (Å²) in [5.41, 5.74) is 1.34. The highest BCUT2D eigenvalue weighted by molar-refractivity contribution is 7.89. The predicted molar refractivity (Wildman–Crippen MR) is 102 cm³/mol. The van der Waals surface area contributed by atoms with Crippen molar-refractivity contribution in [1.29, 1.82) is 0 Å². The van der Waals surface area contributed by atoms with Gasteiger partial charge in [-0.1, -0.05) is 23.7 Å². The van der Waals surface area contributed by atoms with Crippen molar-refractivity contribution >= 4 is 33.0 Å². The summed E-state index contributed by atoms with van der Waals surface area (Å²) in [6.07, 6.45) is 0. The highest BCUT2D eigenvalue weighted by Crippen LogP contribution is 2.27. The van der Waals surface area contributed by atoms with Gasteiger partial charge in [-0.05, 0) is 37.6 Å². The van der Waals surface area contributed by atoms with Crippen LogP contribution in [-0.2, 0) is 16.6 Å². The second-order valence-electron chi connectivity index (χ2n) is 6.03. The molecule has 0 saturated heterocycles. The van der Waals surface area contributed by atoms with Gasteiger partial charge in [0.25, 0.3) is 5.69 Å². The molecule has 26 heavy (non-hydrogen) atoms. The van der Waals surface area contributed by atoms with Crippen LogP contribution in [0.1, 0.15) is 19.4 Å². The van der Waals surface area contributed by atoms with E-state index in [1.807, 2.05) is 13.8 Å². The Morgan fingerprint density at radius 3 is 2.31 bits per heavy atom. The van der Waals surface area contributed by atoms with Gasteiger partial charge < -0.3 is 5.32 Å². The number of hydrogen-bond acceptors (Lipinski definition) is 5. The number of nitro benzene ring substituents is 1. The lowest BCUT2D eigenvalue weighted by Gasteiger charge is -2.21. The molecule has 0 saturated carbocycles. The molecule has 0 aliphatic rings. The van der Waals surface area contributed by atoms with Crippen molar-refractivity contribution in [2.45, 2.75) is 31.3 Å². The quantitative estimate of drug-likeness (QED) is 0.565. The van der Waals surface area contributed by atoms with Crippen LogP contribution in [0.2, 0.25) is 5.02 Å². The van der Waals surface area contributed by atoms with E-state index in [2.05, 4.69) is 5.32 Å². The van der Waals surface area contributed by atoms with Crippen molar-refractivity contribution in [2.24, 2.45) is 0 Å². The lowest BCUT2D eigenvalue weighted by atomic mass is 10.2. The van der Waals surface area contributed by atoms with Crippen LogP contribution >= 0.6 is 11.6 Å². The van der Waals surface area contributed by atoms with Crippen molar-refractivity contribution in [3.8, 4) is 0 Å². The minimum absolute atomic E-state index is 0.0793. The van der Waals surface area contributed by atoms with E-state index in [-0.39, 0.29) is 21.6 Å². The van der Waals surface area contributed by atoms with Crippen LogP contribution in [0.3, 0.4) is 0 Å². The third kappa shape index (κ3) is 4.51. The Balaban J connectivity index is 2.10. The highest BCUT2D eigenvalue weighted by atomic mass is 35.5. The molecule has 0 unspecified atom stereocenters. The zero-order valence-corrected chi connectivity index (χ0v) is 16.2. The largest absolute Gasteiger partial charge is 0.380 e. The fraction of sp³-hybridized carbons (Fsp3) is 0.294. The molecular weight excluding hydrogens is 378 g/mol. The number of benzene rings is 2. The van der Waals surface area contributed by atoms with Gasteiger partial charge in [-0.25, -0.2) is 8.42 Å². The maximum absolute atomic E-state index is 12.4. The molecule has 1 N–H and O–H groups in total. The summed E-state index contributed by atoms with van der Waals surface area (Å²) in [6, 6.07) is 10.6. The van der Waals surface area contributed by atoms with Crippen molar-refractivity contribution < 1.29 is 13.3 Å². The van der Waals surface area contributed by atoms with Gasteiger partial charge in [0.05, 0.1) is 20.5 Å². The standard InChI is InChI=1S/C17H20ClN3O4S/c1-12(2)20(3)26(24,25)15-7-4-13(5-8-15)11-19-17-9-6-14(21(22)23)10-16(17)18/h4-10,12,19H,11H2,1-3H3. The molecule has 2 aromatic rings. The summed E-state index contributed by atoms with van der Waals surface area (Å²) in [6.45, 7) is 4.02. The molecule has 0 fully saturated rings. The van der Waals surface area contributed by atoms with E-state index in [1.165, 1.54) is 22.5 Å². The van der Waals surface area contributed by atoms with Crippen LogP contribution in [0.5, 0.6) is 0 Å². The molecule has 0 bridgehead atoms. The number of rotatable bonds is 7. The second kappa shape index (κ2) is 8.03. The Morgan fingerprint density at radius 2 is 1.81 bits per heavy atom. The van der Waals surface area contributed by atoms with Gasteiger partial charge in [-0.2, -0.15) is 4.31 Å². The molecule has 0 aliphatic heterocycles. The molecular formula is C17H20ClN3O4S. The third-order valence-corrected chi connectivity index (χ3v) is 6.33. The molecule has 2 rings (SSSR count). The smallest absolute Gasteiger partial charge is 0.271 e. The van der Waals surface area contributed by atoms with Crippen molar-refractivity contribution in [2.75, 3.05) is 12.4 Å². The van der Waals surface area contributed by atoms with Gasteiger partial charge in [0.1, 0.15) is 0 Å². The van der Waals surface area contributed by atoms with Crippen molar-refractivity contribution in [3.63, 3.8) is 0 Å². The molecule has 0 spiro atoms. The summed E-state index contributed by atoms with van der Waals surface area (Å²) in [5.74, 6) is 0. The number of non-ortho nitro benzene ring substituents is 1. The summed E-state index contributed by atoms with van der Waals surface area (Å²) < 4.78 is 26.2. The molecule has 7 nitrogen and oxygen atoms in total.